The molecule has 0 saturated carbocycles. The summed E-state index contributed by atoms with van der Waals surface area (Å²) < 4.78 is 3.73. The standard InChI is InChI=1S/C16H13N7O5S3/c17-16-19-8(5-30-16)9(21-28)12(24)20-10-13(25)23-11(15(26)27)6(4-29-14(10)23)1-2-7-3-18-22-31-7/h1-3,5,10,14,28H,4H2,(H2,17,19)(H,20,24)(H,26,27)/b2-1-,21-9-. The Morgan fingerprint density at radius 1 is 1.39 bits per heavy atom. The molecule has 2 aliphatic rings. The van der Waals surface area contributed by atoms with Gasteiger partial charge in [0, 0.05) is 11.1 Å². The van der Waals surface area contributed by atoms with Crippen molar-refractivity contribution >= 4 is 69.3 Å². The number of nitrogens with one attached hydrogen (secondary N) is 1. The predicted octanol–water partition coefficient (Wildman–Crippen LogP) is 0.207. The second-order valence-electron chi connectivity index (χ2n) is 6.21. The molecule has 2 aliphatic heterocycles. The Hall–Kier alpha value is -3.30. The van der Waals surface area contributed by atoms with E-state index in [4.69, 9.17) is 5.73 Å². The molecule has 0 aliphatic carbocycles. The van der Waals surface area contributed by atoms with Crippen molar-refractivity contribution in [1.29, 1.82) is 0 Å². The maximum atomic E-state index is 12.7. The molecule has 5 N–H and O–H groups in total. The summed E-state index contributed by atoms with van der Waals surface area (Å²) in [5, 5.41) is 29.0. The number of allylic oxidation sites excluding steroid dienone is 1. The highest BCUT2D eigenvalue weighted by Crippen LogP contribution is 2.40. The second-order valence-corrected chi connectivity index (χ2v) is 9.02. The minimum absolute atomic E-state index is 0.0681. The van der Waals surface area contributed by atoms with Crippen LogP contribution in [0.15, 0.2) is 34.1 Å². The zero-order valence-electron chi connectivity index (χ0n) is 15.3. The molecule has 2 atom stereocenters. The van der Waals surface area contributed by atoms with E-state index in [0.29, 0.717) is 11.3 Å². The average Bonchev–Trinajstić information content (AvgIpc) is 3.42. The molecule has 15 heteroatoms. The summed E-state index contributed by atoms with van der Waals surface area (Å²) in [6, 6.07) is -0.976. The summed E-state index contributed by atoms with van der Waals surface area (Å²) in [7, 11) is 0. The van der Waals surface area contributed by atoms with Gasteiger partial charge in [0.25, 0.3) is 11.8 Å². The largest absolute Gasteiger partial charge is 0.477 e. The Balaban J connectivity index is 1.52. The van der Waals surface area contributed by atoms with Crippen molar-refractivity contribution in [3.63, 3.8) is 0 Å². The number of hydrogen-bond donors (Lipinski definition) is 4. The molecule has 2 amide bonds. The fourth-order valence-electron chi connectivity index (χ4n) is 3.02. The first kappa shape index (κ1) is 21.0. The van der Waals surface area contributed by atoms with Crippen LogP contribution in [0.2, 0.25) is 0 Å². The van der Waals surface area contributed by atoms with Crippen LogP contribution in [0.4, 0.5) is 5.13 Å². The quantitative estimate of drug-likeness (QED) is 0.193. The van der Waals surface area contributed by atoms with Crippen molar-refractivity contribution in [3.05, 3.63) is 39.5 Å². The average molecular weight is 480 g/mol. The SMILES string of the molecule is Nc1nc(/C(=N/O)C(=O)NC2C(=O)N3C(C(=O)O)=C(/C=C\c4cnns4)CSC23)cs1. The number of anilines is 1. The van der Waals surface area contributed by atoms with Gasteiger partial charge in [-0.2, -0.15) is 0 Å². The normalized spacial score (nSPS) is 21.2. The van der Waals surface area contributed by atoms with Gasteiger partial charge < -0.3 is 21.4 Å². The van der Waals surface area contributed by atoms with Crippen molar-refractivity contribution in [3.8, 4) is 0 Å². The number of aliphatic carboxylic acids is 1. The van der Waals surface area contributed by atoms with Gasteiger partial charge in [0.1, 0.15) is 22.8 Å². The third kappa shape index (κ3) is 3.89. The number of thioether (sulfide) groups is 1. The molecular weight excluding hydrogens is 466 g/mol. The van der Waals surface area contributed by atoms with E-state index in [1.165, 1.54) is 23.3 Å². The highest BCUT2D eigenvalue weighted by molar-refractivity contribution is 8.00. The minimum Gasteiger partial charge on any atom is -0.477 e. The second kappa shape index (κ2) is 8.44. The summed E-state index contributed by atoms with van der Waals surface area (Å²) in [5.74, 6) is -2.34. The summed E-state index contributed by atoms with van der Waals surface area (Å²) >= 11 is 3.52. The number of nitrogens with zero attached hydrogens (tertiary/aromatic N) is 5. The van der Waals surface area contributed by atoms with Crippen LogP contribution in [-0.4, -0.2) is 70.4 Å². The van der Waals surface area contributed by atoms with Crippen LogP contribution in [-0.2, 0) is 14.4 Å². The zero-order valence-corrected chi connectivity index (χ0v) is 17.8. The predicted molar refractivity (Wildman–Crippen MR) is 113 cm³/mol. The van der Waals surface area contributed by atoms with Crippen LogP contribution in [0.5, 0.6) is 0 Å². The van der Waals surface area contributed by atoms with Crippen LogP contribution < -0.4 is 11.1 Å². The first-order chi connectivity index (χ1) is 14.9. The van der Waals surface area contributed by atoms with Crippen LogP contribution in [0, 0.1) is 0 Å². The first-order valence-electron chi connectivity index (χ1n) is 8.51. The van der Waals surface area contributed by atoms with Crippen LogP contribution in [0.3, 0.4) is 0 Å². The monoisotopic (exact) mass is 479 g/mol. The molecule has 0 aromatic carbocycles. The van der Waals surface area contributed by atoms with Crippen molar-refractivity contribution in [2.75, 3.05) is 11.5 Å². The Labute approximate surface area is 186 Å². The van der Waals surface area contributed by atoms with Gasteiger partial charge in [-0.05, 0) is 23.2 Å². The maximum Gasteiger partial charge on any atom is 0.352 e. The molecule has 1 fully saturated rings. The number of nitrogen functional groups attached to an aromatic ring is 1. The van der Waals surface area contributed by atoms with Gasteiger partial charge in [-0.25, -0.2) is 9.78 Å². The Bertz CT molecular complexity index is 1140. The smallest absolute Gasteiger partial charge is 0.352 e. The van der Waals surface area contributed by atoms with Gasteiger partial charge in [-0.1, -0.05) is 15.7 Å². The molecule has 1 saturated heterocycles. The molecular formula is C16H13N7O5S3. The summed E-state index contributed by atoms with van der Waals surface area (Å²) in [5.41, 5.74) is 5.52. The van der Waals surface area contributed by atoms with Crippen molar-refractivity contribution in [1.82, 2.24) is 24.8 Å². The zero-order chi connectivity index (χ0) is 22.1. The van der Waals surface area contributed by atoms with E-state index in [1.807, 2.05) is 0 Å². The lowest BCUT2D eigenvalue weighted by Gasteiger charge is -2.49. The number of oxime groups is 1. The van der Waals surface area contributed by atoms with E-state index in [9.17, 15) is 24.7 Å². The van der Waals surface area contributed by atoms with Gasteiger partial charge in [-0.15, -0.1) is 28.2 Å². The van der Waals surface area contributed by atoms with E-state index < -0.39 is 34.9 Å². The molecule has 4 rings (SSSR count). The van der Waals surface area contributed by atoms with Gasteiger partial charge in [0.2, 0.25) is 0 Å². The highest BCUT2D eigenvalue weighted by atomic mass is 32.2. The number of aromatic nitrogens is 3. The molecule has 0 bridgehead atoms. The maximum absolute atomic E-state index is 12.7. The number of β-lactam (4-membered cyclic amide) rings is 1. The fourth-order valence-corrected chi connectivity index (χ4v) is 5.30. The van der Waals surface area contributed by atoms with E-state index in [-0.39, 0.29) is 16.5 Å². The third-order valence-electron chi connectivity index (χ3n) is 4.39. The molecule has 0 radical (unpaired) electrons. The van der Waals surface area contributed by atoms with E-state index in [2.05, 4.69) is 25.0 Å². The number of fused-ring (bicyclic) bond motifs is 1. The van der Waals surface area contributed by atoms with Crippen molar-refractivity contribution < 1.29 is 24.7 Å². The number of amides is 2. The Morgan fingerprint density at radius 2 is 2.19 bits per heavy atom. The van der Waals surface area contributed by atoms with Crippen molar-refractivity contribution in [2.45, 2.75) is 11.4 Å². The number of carbonyl (C=O) groups excluding carboxylic acids is 2. The number of carbonyl (C=O) groups is 3. The topological polar surface area (TPSA) is 184 Å². The lowest BCUT2D eigenvalue weighted by Crippen LogP contribution is -2.71. The molecule has 4 heterocycles. The van der Waals surface area contributed by atoms with Crippen LogP contribution in [0.25, 0.3) is 6.08 Å². The van der Waals surface area contributed by atoms with Gasteiger partial charge >= 0.3 is 5.97 Å². The lowest BCUT2D eigenvalue weighted by molar-refractivity contribution is -0.150. The van der Waals surface area contributed by atoms with Crippen LogP contribution >= 0.6 is 34.6 Å². The van der Waals surface area contributed by atoms with Crippen LogP contribution in [0.1, 0.15) is 10.6 Å². The molecule has 2 aromatic rings. The van der Waals surface area contributed by atoms with E-state index in [1.54, 1.807) is 12.2 Å². The number of carboxylic acid groups (broad SMARTS) is 1. The number of rotatable bonds is 6. The highest BCUT2D eigenvalue weighted by Gasteiger charge is 2.54. The van der Waals surface area contributed by atoms with Crippen molar-refractivity contribution in [2.24, 2.45) is 5.16 Å². The summed E-state index contributed by atoms with van der Waals surface area (Å²) in [4.78, 5) is 42.8. The lowest BCUT2D eigenvalue weighted by atomic mass is 10.0. The van der Waals surface area contributed by atoms with Gasteiger partial charge in [0.15, 0.2) is 10.8 Å². The fraction of sp³-hybridized carbons (Fsp3) is 0.188. The van der Waals surface area contributed by atoms with E-state index >= 15 is 0 Å². The summed E-state index contributed by atoms with van der Waals surface area (Å²) in [6.07, 6.45) is 4.83. The number of thiazole rings is 1. The molecule has 2 unspecified atom stereocenters. The molecule has 12 nitrogen and oxygen atoms in total. The molecule has 31 heavy (non-hydrogen) atoms. The number of hydrogen-bond acceptors (Lipinski definition) is 12. The van der Waals surface area contributed by atoms with Gasteiger partial charge in [0.05, 0.1) is 11.1 Å². The van der Waals surface area contributed by atoms with Gasteiger partial charge in [-0.3, -0.25) is 14.5 Å². The minimum atomic E-state index is -1.25. The Morgan fingerprint density at radius 3 is 2.81 bits per heavy atom. The summed E-state index contributed by atoms with van der Waals surface area (Å²) in [6.45, 7) is 0. The molecule has 160 valence electrons. The molecule has 2 aromatic heterocycles. The number of nitrogens with two attached hydrogens (primary N) is 1. The van der Waals surface area contributed by atoms with E-state index in [0.717, 1.165) is 32.6 Å². The molecule has 0 spiro atoms. The first-order valence-corrected chi connectivity index (χ1v) is 11.2. The number of carboxylic acids is 1. The third-order valence-corrected chi connectivity index (χ3v) is 7.00. The Kier molecular flexibility index (Phi) is 5.71.